The first-order valence-electron chi connectivity index (χ1n) is 9.42. The van der Waals surface area contributed by atoms with E-state index in [9.17, 15) is 4.79 Å². The van der Waals surface area contributed by atoms with Crippen molar-refractivity contribution in [2.75, 3.05) is 6.54 Å². The molecule has 1 amide bonds. The summed E-state index contributed by atoms with van der Waals surface area (Å²) in [4.78, 5) is 16.8. The molecule has 6 heteroatoms. The molecule has 5 nitrogen and oxygen atoms in total. The molecular formula is C23H18N4OS. The van der Waals surface area contributed by atoms with E-state index in [4.69, 9.17) is 0 Å². The van der Waals surface area contributed by atoms with Gasteiger partial charge in [0.15, 0.2) is 0 Å². The second kappa shape index (κ2) is 7.48. The Labute approximate surface area is 171 Å². The molecule has 0 aliphatic heterocycles. The Hall–Kier alpha value is -3.51. The smallest absolute Gasteiger partial charge is 0.251 e. The number of amides is 1. The van der Waals surface area contributed by atoms with E-state index in [1.165, 1.54) is 5.39 Å². The molecule has 0 unspecified atom stereocenters. The SMILES string of the molecule is O=C(NCCc1nccs1)c1ccc2[nH]nc(-c3ccc4ccccc4c3)c2c1. The summed E-state index contributed by atoms with van der Waals surface area (Å²) in [6.07, 6.45) is 2.52. The summed E-state index contributed by atoms with van der Waals surface area (Å²) >= 11 is 1.60. The van der Waals surface area contributed by atoms with Crippen molar-refractivity contribution in [1.29, 1.82) is 0 Å². The Bertz CT molecular complexity index is 1310. The van der Waals surface area contributed by atoms with Crippen molar-refractivity contribution in [3.05, 3.63) is 82.8 Å². The summed E-state index contributed by atoms with van der Waals surface area (Å²) in [5.74, 6) is -0.0888. The summed E-state index contributed by atoms with van der Waals surface area (Å²) in [7, 11) is 0. The van der Waals surface area contributed by atoms with Gasteiger partial charge in [-0.15, -0.1) is 11.3 Å². The molecule has 5 aromatic rings. The van der Waals surface area contributed by atoms with Gasteiger partial charge in [0.25, 0.3) is 5.91 Å². The standard InChI is InChI=1S/C23H18N4OS/c28-23(25-10-9-21-24-11-12-29-21)18-7-8-20-19(14-18)22(27-26-20)17-6-5-15-3-1-2-4-16(15)13-17/h1-8,11-14H,9-10H2,(H,25,28)(H,26,27). The zero-order chi connectivity index (χ0) is 19.6. The van der Waals surface area contributed by atoms with Crippen LogP contribution in [0.2, 0.25) is 0 Å². The first-order valence-corrected chi connectivity index (χ1v) is 10.3. The molecule has 2 heterocycles. The normalized spacial score (nSPS) is 11.2. The van der Waals surface area contributed by atoms with Gasteiger partial charge in [-0.2, -0.15) is 5.10 Å². The molecule has 142 valence electrons. The molecule has 0 spiro atoms. The van der Waals surface area contributed by atoms with E-state index in [1.807, 2.05) is 35.7 Å². The van der Waals surface area contributed by atoms with Gasteiger partial charge in [0, 0.05) is 41.1 Å². The molecule has 0 aliphatic carbocycles. The molecule has 0 atom stereocenters. The number of nitrogens with one attached hydrogen (secondary N) is 2. The molecule has 0 fully saturated rings. The zero-order valence-corrected chi connectivity index (χ0v) is 16.4. The highest BCUT2D eigenvalue weighted by molar-refractivity contribution is 7.09. The van der Waals surface area contributed by atoms with E-state index in [-0.39, 0.29) is 5.91 Å². The van der Waals surface area contributed by atoms with Crippen molar-refractivity contribution in [2.24, 2.45) is 0 Å². The summed E-state index contributed by atoms with van der Waals surface area (Å²) < 4.78 is 0. The Kier molecular flexibility index (Phi) is 4.54. The maximum Gasteiger partial charge on any atom is 0.251 e. The molecule has 3 aromatic carbocycles. The first-order chi connectivity index (χ1) is 14.3. The lowest BCUT2D eigenvalue weighted by Gasteiger charge is -2.05. The number of hydrogen-bond donors (Lipinski definition) is 2. The van der Waals surface area contributed by atoms with Crippen LogP contribution >= 0.6 is 11.3 Å². The van der Waals surface area contributed by atoms with Crippen LogP contribution in [0.5, 0.6) is 0 Å². The monoisotopic (exact) mass is 398 g/mol. The fourth-order valence-electron chi connectivity index (χ4n) is 3.47. The van der Waals surface area contributed by atoms with Crippen LogP contribution in [0.25, 0.3) is 32.9 Å². The highest BCUT2D eigenvalue weighted by Crippen LogP contribution is 2.29. The number of H-pyrrole nitrogens is 1. The molecule has 0 saturated heterocycles. The second-order valence-electron chi connectivity index (χ2n) is 6.83. The van der Waals surface area contributed by atoms with E-state index < -0.39 is 0 Å². The van der Waals surface area contributed by atoms with Gasteiger partial charge in [-0.1, -0.05) is 36.4 Å². The Morgan fingerprint density at radius 1 is 1.03 bits per heavy atom. The quantitative estimate of drug-likeness (QED) is 0.446. The molecule has 2 N–H and O–H groups in total. The molecule has 0 radical (unpaired) electrons. The third kappa shape index (κ3) is 3.50. The number of carbonyl (C=O) groups excluding carboxylic acids is 1. The molecule has 0 saturated carbocycles. The molecule has 0 bridgehead atoms. The minimum absolute atomic E-state index is 0.0888. The second-order valence-corrected chi connectivity index (χ2v) is 7.81. The van der Waals surface area contributed by atoms with Crippen LogP contribution in [0.4, 0.5) is 0 Å². The van der Waals surface area contributed by atoms with Gasteiger partial charge < -0.3 is 5.32 Å². The minimum Gasteiger partial charge on any atom is -0.352 e. The average molecular weight is 398 g/mol. The molecule has 5 rings (SSSR count). The number of rotatable bonds is 5. The van der Waals surface area contributed by atoms with Gasteiger partial charge in [-0.25, -0.2) is 4.98 Å². The molecular weight excluding hydrogens is 380 g/mol. The predicted molar refractivity (Wildman–Crippen MR) is 117 cm³/mol. The summed E-state index contributed by atoms with van der Waals surface area (Å²) in [5.41, 5.74) is 3.41. The molecule has 2 aromatic heterocycles. The van der Waals surface area contributed by atoms with Crippen molar-refractivity contribution < 1.29 is 4.79 Å². The fourth-order valence-corrected chi connectivity index (χ4v) is 4.09. The van der Waals surface area contributed by atoms with E-state index in [0.717, 1.165) is 39.0 Å². The fraction of sp³-hybridized carbons (Fsp3) is 0.0870. The number of aromatic nitrogens is 3. The van der Waals surface area contributed by atoms with Crippen LogP contribution < -0.4 is 5.32 Å². The van der Waals surface area contributed by atoms with Gasteiger partial charge in [-0.3, -0.25) is 9.89 Å². The number of thiazole rings is 1. The Morgan fingerprint density at radius 2 is 1.93 bits per heavy atom. The van der Waals surface area contributed by atoms with Crippen molar-refractivity contribution >= 4 is 38.9 Å². The predicted octanol–water partition coefficient (Wildman–Crippen LogP) is 4.81. The van der Waals surface area contributed by atoms with Crippen LogP contribution in [0.15, 0.2) is 72.2 Å². The van der Waals surface area contributed by atoms with Crippen LogP contribution in [0, 0.1) is 0 Å². The summed E-state index contributed by atoms with van der Waals surface area (Å²) in [6.45, 7) is 0.563. The maximum atomic E-state index is 12.6. The van der Waals surface area contributed by atoms with Crippen molar-refractivity contribution in [1.82, 2.24) is 20.5 Å². The largest absolute Gasteiger partial charge is 0.352 e. The third-order valence-electron chi connectivity index (χ3n) is 4.96. The number of nitrogens with zero attached hydrogens (tertiary/aromatic N) is 2. The van der Waals surface area contributed by atoms with Crippen LogP contribution in [0.1, 0.15) is 15.4 Å². The van der Waals surface area contributed by atoms with Crippen LogP contribution in [0.3, 0.4) is 0 Å². The zero-order valence-electron chi connectivity index (χ0n) is 15.6. The van der Waals surface area contributed by atoms with Crippen molar-refractivity contribution in [3.63, 3.8) is 0 Å². The topological polar surface area (TPSA) is 70.7 Å². The van der Waals surface area contributed by atoms with E-state index in [1.54, 1.807) is 17.5 Å². The number of carbonyl (C=O) groups is 1. The average Bonchev–Trinajstić information content (AvgIpc) is 3.42. The highest BCUT2D eigenvalue weighted by atomic mass is 32.1. The van der Waals surface area contributed by atoms with Gasteiger partial charge in [0.1, 0.15) is 0 Å². The Balaban J connectivity index is 1.42. The van der Waals surface area contributed by atoms with Gasteiger partial charge >= 0.3 is 0 Å². The van der Waals surface area contributed by atoms with Gasteiger partial charge in [0.05, 0.1) is 16.2 Å². The van der Waals surface area contributed by atoms with E-state index in [2.05, 4.69) is 50.8 Å². The summed E-state index contributed by atoms with van der Waals surface area (Å²) in [5, 5.41) is 16.8. The third-order valence-corrected chi connectivity index (χ3v) is 5.80. The van der Waals surface area contributed by atoms with Crippen molar-refractivity contribution in [3.8, 4) is 11.3 Å². The highest BCUT2D eigenvalue weighted by Gasteiger charge is 2.12. The lowest BCUT2D eigenvalue weighted by atomic mass is 10.0. The van der Waals surface area contributed by atoms with Crippen LogP contribution in [-0.2, 0) is 6.42 Å². The maximum absolute atomic E-state index is 12.6. The van der Waals surface area contributed by atoms with E-state index >= 15 is 0 Å². The number of aromatic amines is 1. The number of fused-ring (bicyclic) bond motifs is 2. The first kappa shape index (κ1) is 17.6. The molecule has 29 heavy (non-hydrogen) atoms. The van der Waals surface area contributed by atoms with Gasteiger partial charge in [0.2, 0.25) is 0 Å². The minimum atomic E-state index is -0.0888. The number of hydrogen-bond acceptors (Lipinski definition) is 4. The molecule has 0 aliphatic rings. The van der Waals surface area contributed by atoms with Crippen LogP contribution in [-0.4, -0.2) is 27.6 Å². The lowest BCUT2D eigenvalue weighted by Crippen LogP contribution is -2.25. The van der Waals surface area contributed by atoms with Crippen molar-refractivity contribution in [2.45, 2.75) is 6.42 Å². The van der Waals surface area contributed by atoms with Gasteiger partial charge in [-0.05, 0) is 35.0 Å². The summed E-state index contributed by atoms with van der Waals surface area (Å²) in [6, 6.07) is 20.2. The number of benzene rings is 3. The Morgan fingerprint density at radius 3 is 2.79 bits per heavy atom. The lowest BCUT2D eigenvalue weighted by molar-refractivity contribution is 0.0954. The van der Waals surface area contributed by atoms with E-state index in [0.29, 0.717) is 12.1 Å².